The number of aromatic amines is 1. The fourth-order valence-electron chi connectivity index (χ4n) is 3.20. The van der Waals surface area contributed by atoms with Gasteiger partial charge in [0.15, 0.2) is 0 Å². The normalized spacial score (nSPS) is 15.5. The zero-order valence-electron chi connectivity index (χ0n) is 16.1. The first-order valence-electron chi connectivity index (χ1n) is 9.25. The van der Waals surface area contributed by atoms with Gasteiger partial charge in [0.2, 0.25) is 5.82 Å². The first-order chi connectivity index (χ1) is 14.5. The highest BCUT2D eigenvalue weighted by atomic mass is 32.1. The van der Waals surface area contributed by atoms with Gasteiger partial charge >= 0.3 is 0 Å². The van der Waals surface area contributed by atoms with E-state index in [4.69, 9.17) is 22.2 Å². The average Bonchev–Trinajstić information content (AvgIpc) is 3.20. The summed E-state index contributed by atoms with van der Waals surface area (Å²) in [7, 11) is 1.84. The maximum absolute atomic E-state index is 12.7. The van der Waals surface area contributed by atoms with Crippen molar-refractivity contribution in [1.29, 1.82) is 5.26 Å². The molecule has 1 aliphatic heterocycles. The van der Waals surface area contributed by atoms with Gasteiger partial charge in [0, 0.05) is 13.5 Å². The number of thiocarbonyl (C=S) groups is 1. The lowest BCUT2D eigenvalue weighted by molar-refractivity contribution is 0.0927. The molecule has 1 aliphatic rings. The largest absolute Gasteiger partial charge is 0.489 e. The molecule has 8 nitrogen and oxygen atoms in total. The number of carbonyl (C=O) groups excluding carboxylic acids is 1. The van der Waals surface area contributed by atoms with Gasteiger partial charge in [-0.15, -0.1) is 5.10 Å². The number of H-pyrrole nitrogens is 1. The van der Waals surface area contributed by atoms with Crippen molar-refractivity contribution in [1.82, 2.24) is 20.5 Å². The number of benzene rings is 2. The zero-order chi connectivity index (χ0) is 21.1. The highest BCUT2D eigenvalue weighted by Crippen LogP contribution is 2.30. The molecule has 1 aromatic heterocycles. The van der Waals surface area contributed by atoms with Crippen LogP contribution in [0.5, 0.6) is 5.75 Å². The van der Waals surface area contributed by atoms with E-state index >= 15 is 0 Å². The third-order valence-electron chi connectivity index (χ3n) is 4.73. The van der Waals surface area contributed by atoms with Gasteiger partial charge < -0.3 is 15.0 Å². The Labute approximate surface area is 178 Å². The van der Waals surface area contributed by atoms with Crippen LogP contribution in [0.1, 0.15) is 27.6 Å². The second kappa shape index (κ2) is 8.31. The van der Waals surface area contributed by atoms with Crippen LogP contribution in [0.3, 0.4) is 0 Å². The topological polar surface area (TPSA) is 107 Å². The smallest absolute Gasteiger partial charge is 0.291 e. The number of para-hydroxylation sites is 2. The van der Waals surface area contributed by atoms with E-state index in [1.807, 2.05) is 42.3 Å². The molecule has 0 aliphatic carbocycles. The number of carbonyl (C=O) groups is 1. The second-order valence-electron chi connectivity index (χ2n) is 6.80. The Bertz CT molecular complexity index is 1150. The maximum atomic E-state index is 12.7. The zero-order valence-corrected chi connectivity index (χ0v) is 16.9. The number of hydrogen-bond acceptors (Lipinski definition) is 6. The van der Waals surface area contributed by atoms with Crippen molar-refractivity contribution < 1.29 is 9.53 Å². The van der Waals surface area contributed by atoms with Gasteiger partial charge in [-0.25, -0.2) is 4.98 Å². The number of rotatable bonds is 4. The molecule has 3 aromatic rings. The Morgan fingerprint density at radius 1 is 1.37 bits per heavy atom. The molecule has 0 radical (unpaired) electrons. The third kappa shape index (κ3) is 3.99. The summed E-state index contributed by atoms with van der Waals surface area (Å²) in [6.45, 7) is 0.212. The molecule has 0 spiro atoms. The molecule has 2 heterocycles. The van der Waals surface area contributed by atoms with Crippen LogP contribution in [0.2, 0.25) is 0 Å². The molecule has 2 N–H and O–H groups in total. The van der Waals surface area contributed by atoms with Crippen LogP contribution in [0.15, 0.2) is 48.5 Å². The van der Waals surface area contributed by atoms with Gasteiger partial charge in [0.25, 0.3) is 5.91 Å². The maximum Gasteiger partial charge on any atom is 0.291 e. The van der Waals surface area contributed by atoms with Crippen LogP contribution in [-0.4, -0.2) is 45.8 Å². The number of nitrogens with zero attached hydrogens (tertiary/aromatic N) is 4. The molecule has 0 saturated carbocycles. The number of likely N-dealkylation sites (N-methyl/N-ethyl adjacent to an activating group) is 1. The highest BCUT2D eigenvalue weighted by Gasteiger charge is 2.28. The summed E-state index contributed by atoms with van der Waals surface area (Å²) in [5.41, 5.74) is 2.31. The summed E-state index contributed by atoms with van der Waals surface area (Å²) in [6, 6.07) is 16.4. The monoisotopic (exact) mass is 418 g/mol. The molecule has 9 heteroatoms. The lowest BCUT2D eigenvalue weighted by Gasteiger charge is -2.23. The van der Waals surface area contributed by atoms with E-state index in [9.17, 15) is 4.79 Å². The van der Waals surface area contributed by atoms with Crippen LogP contribution in [0.25, 0.3) is 0 Å². The van der Waals surface area contributed by atoms with Crippen LogP contribution in [0, 0.1) is 11.3 Å². The molecule has 0 bridgehead atoms. The molecule has 1 atom stereocenters. The fourth-order valence-corrected chi connectivity index (χ4v) is 3.42. The van der Waals surface area contributed by atoms with Crippen molar-refractivity contribution >= 4 is 28.8 Å². The minimum atomic E-state index is -0.501. The summed E-state index contributed by atoms with van der Waals surface area (Å²) in [5, 5.41) is 18.7. The summed E-state index contributed by atoms with van der Waals surface area (Å²) >= 11 is 5.55. The number of nitriles is 1. The quantitative estimate of drug-likeness (QED) is 0.626. The van der Waals surface area contributed by atoms with Gasteiger partial charge in [-0.1, -0.05) is 36.5 Å². The molecule has 150 valence electrons. The Morgan fingerprint density at radius 2 is 2.20 bits per heavy atom. The van der Waals surface area contributed by atoms with Crippen LogP contribution >= 0.6 is 12.2 Å². The number of nitrogens with one attached hydrogen (secondary N) is 2. The Kier molecular flexibility index (Phi) is 5.41. The Hall–Kier alpha value is -3.77. The van der Waals surface area contributed by atoms with Crippen molar-refractivity contribution in [3.8, 4) is 11.8 Å². The van der Waals surface area contributed by atoms with Gasteiger partial charge in [0.05, 0.1) is 17.3 Å². The van der Waals surface area contributed by atoms with Crippen molar-refractivity contribution in [2.75, 3.05) is 18.6 Å². The minimum absolute atomic E-state index is 0.0219. The molecular weight excluding hydrogens is 400 g/mol. The number of aromatic nitrogens is 3. The summed E-state index contributed by atoms with van der Waals surface area (Å²) < 4.78 is 5.83. The van der Waals surface area contributed by atoms with Crippen molar-refractivity contribution in [3.05, 3.63) is 71.3 Å². The number of amides is 1. The molecule has 4 rings (SSSR count). The van der Waals surface area contributed by atoms with E-state index in [-0.39, 0.29) is 12.4 Å². The molecule has 1 unspecified atom stereocenters. The van der Waals surface area contributed by atoms with Gasteiger partial charge in [-0.3, -0.25) is 9.89 Å². The van der Waals surface area contributed by atoms with E-state index < -0.39 is 11.9 Å². The van der Waals surface area contributed by atoms with Crippen molar-refractivity contribution in [2.45, 2.75) is 12.5 Å². The molecule has 0 fully saturated rings. The molecule has 2 aromatic carbocycles. The first kappa shape index (κ1) is 19.5. The molecule has 1 amide bonds. The van der Waals surface area contributed by atoms with Gasteiger partial charge in [-0.2, -0.15) is 5.26 Å². The highest BCUT2D eigenvalue weighted by molar-refractivity contribution is 7.80. The summed E-state index contributed by atoms with van der Waals surface area (Å²) in [6.07, 6.45) is 0.429. The van der Waals surface area contributed by atoms with E-state index in [1.54, 1.807) is 18.2 Å². The Morgan fingerprint density at radius 3 is 3.03 bits per heavy atom. The third-order valence-corrected chi connectivity index (χ3v) is 5.29. The molecule has 30 heavy (non-hydrogen) atoms. The average molecular weight is 418 g/mol. The predicted octanol–water partition coefficient (Wildman–Crippen LogP) is 2.22. The van der Waals surface area contributed by atoms with Crippen molar-refractivity contribution in [3.63, 3.8) is 0 Å². The fraction of sp³-hybridized carbons (Fsp3) is 0.190. The van der Waals surface area contributed by atoms with Crippen molar-refractivity contribution in [2.24, 2.45) is 0 Å². The van der Waals surface area contributed by atoms with Crippen LogP contribution < -0.4 is 15.0 Å². The van der Waals surface area contributed by atoms with E-state index in [0.717, 1.165) is 11.3 Å². The van der Waals surface area contributed by atoms with E-state index in [0.29, 0.717) is 28.5 Å². The standard InChI is InChI=1S/C21H18N6O2S/c1-27-16-7-2-3-8-17(16)29-12-15(21(27)30)23-20(28)19-24-18(25-26-19)10-13-5-4-6-14(9-13)11-22/h2-9,15H,10,12H2,1H3,(H,23,28)(H,24,25,26). The number of ether oxygens (including phenoxy) is 1. The second-order valence-corrected chi connectivity index (χ2v) is 7.21. The van der Waals surface area contributed by atoms with Crippen LogP contribution in [-0.2, 0) is 6.42 Å². The number of hydrogen-bond donors (Lipinski definition) is 2. The first-order valence-corrected chi connectivity index (χ1v) is 9.66. The van der Waals surface area contributed by atoms with E-state index in [1.165, 1.54) is 0 Å². The van der Waals surface area contributed by atoms with Crippen LogP contribution in [0.4, 0.5) is 5.69 Å². The summed E-state index contributed by atoms with van der Waals surface area (Å²) in [4.78, 5) is 19.3. The molecular formula is C21H18N6O2S. The Balaban J connectivity index is 1.44. The molecule has 0 saturated heterocycles. The van der Waals surface area contributed by atoms with Gasteiger partial charge in [-0.05, 0) is 29.8 Å². The lowest BCUT2D eigenvalue weighted by atomic mass is 10.1. The summed E-state index contributed by atoms with van der Waals surface area (Å²) in [5.74, 6) is 0.811. The van der Waals surface area contributed by atoms with Gasteiger partial charge in [0.1, 0.15) is 29.2 Å². The lowest BCUT2D eigenvalue weighted by Crippen LogP contribution is -2.48. The number of anilines is 1. The minimum Gasteiger partial charge on any atom is -0.489 e. The predicted molar refractivity (Wildman–Crippen MR) is 115 cm³/mol. The van der Waals surface area contributed by atoms with E-state index in [2.05, 4.69) is 26.6 Å². The SMILES string of the molecule is CN1C(=S)C(NC(=O)c2n[nH]c(Cc3cccc(C#N)c3)n2)COc2ccccc21. The number of fused-ring (bicyclic) bond motifs is 1.